The third-order valence-corrected chi connectivity index (χ3v) is 5.00. The molecule has 3 aromatic carbocycles. The number of hydrogen-bond donors (Lipinski definition) is 0. The topological polar surface area (TPSA) is 21.6 Å². The van der Waals surface area contributed by atoms with Crippen molar-refractivity contribution in [2.75, 3.05) is 0 Å². The maximum Gasteiger partial charge on any atom is 0.128 e. The van der Waals surface area contributed by atoms with Crippen LogP contribution in [-0.2, 0) is 13.0 Å². The van der Waals surface area contributed by atoms with Crippen LogP contribution in [0.1, 0.15) is 23.6 Å². The minimum absolute atomic E-state index is 0.515. The zero-order chi connectivity index (χ0) is 18.4. The lowest BCUT2D eigenvalue weighted by molar-refractivity contribution is 0.306. The summed E-state index contributed by atoms with van der Waals surface area (Å²) >= 11 is 6.97. The predicted molar refractivity (Wildman–Crippen MR) is 116 cm³/mol. The minimum Gasteiger partial charge on any atom is -0.488 e. The van der Waals surface area contributed by atoms with Crippen molar-refractivity contribution in [3.63, 3.8) is 0 Å². The molecule has 0 N–H and O–H groups in total. The number of nitrogens with zero attached hydrogens (tertiary/aromatic N) is 1. The van der Waals surface area contributed by atoms with Gasteiger partial charge < -0.3 is 4.74 Å². The van der Waals surface area contributed by atoms with Crippen molar-refractivity contribution in [1.29, 1.82) is 0 Å². The molecule has 4 heteroatoms. The monoisotopic (exact) mass is 471 g/mol. The zero-order valence-electron chi connectivity index (χ0n) is 14.5. The Hall–Kier alpha value is -1.91. The SMILES string of the molecule is CCc1ccc(N=Cc2cc(Br)ccc2OCc2ccc(Br)cc2)cc1. The largest absolute Gasteiger partial charge is 0.488 e. The van der Waals surface area contributed by atoms with Gasteiger partial charge in [0.1, 0.15) is 12.4 Å². The van der Waals surface area contributed by atoms with Crippen LogP contribution < -0.4 is 4.74 Å². The first kappa shape index (κ1) is 18.9. The fraction of sp³-hybridized carbons (Fsp3) is 0.136. The molecule has 2 nitrogen and oxygen atoms in total. The first-order valence-electron chi connectivity index (χ1n) is 8.44. The molecule has 0 atom stereocenters. The molecule has 0 saturated heterocycles. The summed E-state index contributed by atoms with van der Waals surface area (Å²) in [6.07, 6.45) is 2.88. The third-order valence-electron chi connectivity index (χ3n) is 3.98. The summed E-state index contributed by atoms with van der Waals surface area (Å²) in [5, 5.41) is 0. The quantitative estimate of drug-likeness (QED) is 0.350. The number of ether oxygens (including phenoxy) is 1. The van der Waals surface area contributed by atoms with Gasteiger partial charge in [0.25, 0.3) is 0 Å². The van der Waals surface area contributed by atoms with Crippen molar-refractivity contribution in [3.05, 3.63) is 92.4 Å². The average molecular weight is 473 g/mol. The van der Waals surface area contributed by atoms with Crippen molar-refractivity contribution in [1.82, 2.24) is 0 Å². The van der Waals surface area contributed by atoms with E-state index < -0.39 is 0 Å². The molecule has 0 bridgehead atoms. The lowest BCUT2D eigenvalue weighted by atomic mass is 10.1. The van der Waals surface area contributed by atoms with E-state index >= 15 is 0 Å². The Morgan fingerprint density at radius 3 is 2.19 bits per heavy atom. The fourth-order valence-electron chi connectivity index (χ4n) is 2.46. The molecule has 0 amide bonds. The molecule has 3 aromatic rings. The molecule has 132 valence electrons. The van der Waals surface area contributed by atoms with Gasteiger partial charge in [0.05, 0.1) is 5.69 Å². The number of hydrogen-bond acceptors (Lipinski definition) is 2. The standard InChI is InChI=1S/C22H19Br2NO/c1-2-16-5-10-21(11-6-16)25-14-18-13-20(24)9-12-22(18)26-15-17-3-7-19(23)8-4-17/h3-14H,2,15H2,1H3. The van der Waals surface area contributed by atoms with Crippen molar-refractivity contribution >= 4 is 43.8 Å². The lowest BCUT2D eigenvalue weighted by Crippen LogP contribution is -1.98. The summed E-state index contributed by atoms with van der Waals surface area (Å²) in [7, 11) is 0. The molecule has 0 aliphatic heterocycles. The molecule has 0 radical (unpaired) electrons. The van der Waals surface area contributed by atoms with Crippen LogP contribution in [0.3, 0.4) is 0 Å². The summed E-state index contributed by atoms with van der Waals surface area (Å²) in [5.74, 6) is 0.810. The third kappa shape index (κ3) is 5.29. The lowest BCUT2D eigenvalue weighted by Gasteiger charge is -2.10. The van der Waals surface area contributed by atoms with E-state index in [2.05, 4.69) is 55.9 Å². The van der Waals surface area contributed by atoms with Gasteiger partial charge in [-0.3, -0.25) is 4.99 Å². The van der Waals surface area contributed by atoms with Gasteiger partial charge in [0.15, 0.2) is 0 Å². The first-order chi connectivity index (χ1) is 12.6. The van der Waals surface area contributed by atoms with Gasteiger partial charge in [0.2, 0.25) is 0 Å². The molecule has 0 fully saturated rings. The van der Waals surface area contributed by atoms with E-state index in [-0.39, 0.29) is 0 Å². The van der Waals surface area contributed by atoms with E-state index in [1.165, 1.54) is 5.56 Å². The highest BCUT2D eigenvalue weighted by Gasteiger charge is 2.04. The Morgan fingerprint density at radius 1 is 0.846 bits per heavy atom. The number of benzene rings is 3. The van der Waals surface area contributed by atoms with Gasteiger partial charge in [0, 0.05) is 20.7 Å². The summed E-state index contributed by atoms with van der Waals surface area (Å²) in [6.45, 7) is 2.66. The molecule has 3 rings (SSSR count). The summed E-state index contributed by atoms with van der Waals surface area (Å²) < 4.78 is 8.07. The average Bonchev–Trinajstić information content (AvgIpc) is 2.67. The summed E-state index contributed by atoms with van der Waals surface area (Å²) in [6, 6.07) is 22.4. The smallest absolute Gasteiger partial charge is 0.128 e. The molecule has 0 spiro atoms. The Bertz CT molecular complexity index is 887. The maximum absolute atomic E-state index is 6.02. The van der Waals surface area contributed by atoms with Gasteiger partial charge in [-0.1, -0.05) is 63.0 Å². The van der Waals surface area contributed by atoms with Crippen LogP contribution in [0.5, 0.6) is 5.75 Å². The second-order valence-corrected chi connectivity index (χ2v) is 7.71. The molecule has 0 aliphatic rings. The second kappa shape index (κ2) is 9.15. The van der Waals surface area contributed by atoms with Crippen molar-refractivity contribution in [2.45, 2.75) is 20.0 Å². The Balaban J connectivity index is 1.76. The van der Waals surface area contributed by atoms with Gasteiger partial charge in [-0.05, 0) is 60.0 Å². The highest BCUT2D eigenvalue weighted by molar-refractivity contribution is 9.10. The number of halogens is 2. The van der Waals surface area contributed by atoms with E-state index in [0.717, 1.165) is 37.9 Å². The van der Waals surface area contributed by atoms with Crippen LogP contribution in [0, 0.1) is 0 Å². The van der Waals surface area contributed by atoms with Crippen LogP contribution in [-0.4, -0.2) is 6.21 Å². The molecular formula is C22H19Br2NO. The molecular weight excluding hydrogens is 454 g/mol. The molecule has 0 saturated carbocycles. The minimum atomic E-state index is 0.515. The molecule has 0 unspecified atom stereocenters. The Labute approximate surface area is 171 Å². The fourth-order valence-corrected chi connectivity index (χ4v) is 3.10. The predicted octanol–water partition coefficient (Wildman–Crippen LogP) is 7.10. The van der Waals surface area contributed by atoms with Crippen LogP contribution in [0.4, 0.5) is 5.69 Å². The molecule has 0 heterocycles. The van der Waals surface area contributed by atoms with Crippen molar-refractivity contribution in [3.8, 4) is 5.75 Å². The van der Waals surface area contributed by atoms with Gasteiger partial charge in [-0.2, -0.15) is 0 Å². The van der Waals surface area contributed by atoms with Crippen LogP contribution in [0.25, 0.3) is 0 Å². The number of aliphatic imine (C=N–C) groups is 1. The van der Waals surface area contributed by atoms with Crippen LogP contribution >= 0.6 is 31.9 Å². The summed E-state index contributed by atoms with van der Waals surface area (Å²) in [5.41, 5.74) is 4.30. The molecule has 26 heavy (non-hydrogen) atoms. The highest BCUT2D eigenvalue weighted by atomic mass is 79.9. The second-order valence-electron chi connectivity index (χ2n) is 5.88. The van der Waals surface area contributed by atoms with Gasteiger partial charge in [-0.25, -0.2) is 0 Å². The van der Waals surface area contributed by atoms with E-state index in [1.807, 2.05) is 60.8 Å². The first-order valence-corrected chi connectivity index (χ1v) is 10.0. The van der Waals surface area contributed by atoms with Crippen LogP contribution in [0.2, 0.25) is 0 Å². The van der Waals surface area contributed by atoms with E-state index in [0.29, 0.717) is 6.61 Å². The molecule has 0 aliphatic carbocycles. The summed E-state index contributed by atoms with van der Waals surface area (Å²) in [4.78, 5) is 4.59. The highest BCUT2D eigenvalue weighted by Crippen LogP contribution is 2.24. The van der Waals surface area contributed by atoms with Crippen molar-refractivity contribution < 1.29 is 4.74 Å². The van der Waals surface area contributed by atoms with E-state index in [1.54, 1.807) is 0 Å². The van der Waals surface area contributed by atoms with E-state index in [9.17, 15) is 0 Å². The Morgan fingerprint density at radius 2 is 1.50 bits per heavy atom. The number of rotatable bonds is 6. The molecule has 0 aromatic heterocycles. The van der Waals surface area contributed by atoms with Gasteiger partial charge in [-0.15, -0.1) is 0 Å². The maximum atomic E-state index is 6.02. The Kier molecular flexibility index (Phi) is 6.64. The van der Waals surface area contributed by atoms with Gasteiger partial charge >= 0.3 is 0 Å². The van der Waals surface area contributed by atoms with Crippen molar-refractivity contribution in [2.24, 2.45) is 4.99 Å². The zero-order valence-corrected chi connectivity index (χ0v) is 17.6. The van der Waals surface area contributed by atoms with E-state index in [4.69, 9.17) is 4.74 Å². The van der Waals surface area contributed by atoms with Crippen LogP contribution in [0.15, 0.2) is 80.7 Å². The number of aryl methyl sites for hydroxylation is 1. The normalized spacial score (nSPS) is 11.0.